The van der Waals surface area contributed by atoms with Gasteiger partial charge in [-0.2, -0.15) is 0 Å². The number of pyridine rings is 1. The molecule has 5 nitrogen and oxygen atoms in total. The second kappa shape index (κ2) is 9.10. The van der Waals surface area contributed by atoms with Crippen LogP contribution in [0.5, 0.6) is 0 Å². The van der Waals surface area contributed by atoms with Crippen molar-refractivity contribution in [1.29, 1.82) is 0 Å². The molecule has 0 unspecified atom stereocenters. The Balaban J connectivity index is 1.76. The lowest BCUT2D eigenvalue weighted by molar-refractivity contribution is 0.0950. The Labute approximate surface area is 169 Å². The molecule has 0 atom stereocenters. The van der Waals surface area contributed by atoms with Crippen LogP contribution in [0.2, 0.25) is 0 Å². The number of carbonyl (C=O) groups is 2. The first kappa shape index (κ1) is 20.2. The fourth-order valence-corrected chi connectivity index (χ4v) is 2.99. The largest absolute Gasteiger partial charge is 0.348 e. The molecule has 2 amide bonds. The first-order valence-corrected chi connectivity index (χ1v) is 9.35. The number of anilines is 1. The summed E-state index contributed by atoms with van der Waals surface area (Å²) in [6.45, 7) is 4.36. The highest BCUT2D eigenvalue weighted by Gasteiger charge is 2.19. The third-order valence-electron chi connectivity index (χ3n) is 4.51. The normalized spacial score (nSPS) is 10.4. The van der Waals surface area contributed by atoms with E-state index in [-0.39, 0.29) is 24.0 Å². The van der Waals surface area contributed by atoms with E-state index in [1.807, 2.05) is 38.1 Å². The van der Waals surface area contributed by atoms with Gasteiger partial charge in [0.15, 0.2) is 0 Å². The Kier molecular flexibility index (Phi) is 6.34. The van der Waals surface area contributed by atoms with E-state index in [2.05, 4.69) is 10.3 Å². The van der Waals surface area contributed by atoms with E-state index in [1.165, 1.54) is 24.4 Å². The number of hydrogen-bond acceptors (Lipinski definition) is 3. The molecule has 1 aromatic heterocycles. The molecule has 0 fully saturated rings. The van der Waals surface area contributed by atoms with Crippen molar-refractivity contribution in [3.05, 3.63) is 95.1 Å². The van der Waals surface area contributed by atoms with Gasteiger partial charge in [0.25, 0.3) is 11.8 Å². The summed E-state index contributed by atoms with van der Waals surface area (Å²) in [5.41, 5.74) is 2.67. The predicted molar refractivity (Wildman–Crippen MR) is 110 cm³/mol. The van der Waals surface area contributed by atoms with Crippen LogP contribution in [-0.4, -0.2) is 23.3 Å². The minimum Gasteiger partial charge on any atom is -0.348 e. The SMILES string of the molecule is CCN(C(=O)c1cc(C(=O)NCc2ccccc2F)ccn1)c1cccc(C)c1. The molecule has 0 radical (unpaired) electrons. The van der Waals surface area contributed by atoms with Crippen LogP contribution < -0.4 is 10.2 Å². The number of hydrogen-bond donors (Lipinski definition) is 1. The molecule has 1 N–H and O–H groups in total. The number of rotatable bonds is 6. The Hall–Kier alpha value is -3.54. The van der Waals surface area contributed by atoms with Crippen molar-refractivity contribution in [2.45, 2.75) is 20.4 Å². The molecule has 6 heteroatoms. The summed E-state index contributed by atoms with van der Waals surface area (Å²) in [4.78, 5) is 31.2. The van der Waals surface area contributed by atoms with E-state index >= 15 is 0 Å². The average Bonchev–Trinajstić information content (AvgIpc) is 2.73. The molecule has 0 spiro atoms. The lowest BCUT2D eigenvalue weighted by atomic mass is 10.1. The van der Waals surface area contributed by atoms with Crippen LogP contribution in [0, 0.1) is 12.7 Å². The maximum absolute atomic E-state index is 13.7. The minimum absolute atomic E-state index is 0.0570. The fourth-order valence-electron chi connectivity index (χ4n) is 2.99. The summed E-state index contributed by atoms with van der Waals surface area (Å²) in [5, 5.41) is 2.67. The Morgan fingerprint density at radius 1 is 1.07 bits per heavy atom. The zero-order valence-corrected chi connectivity index (χ0v) is 16.4. The van der Waals surface area contributed by atoms with Gasteiger partial charge in [-0.1, -0.05) is 30.3 Å². The third kappa shape index (κ3) is 4.85. The molecule has 3 aromatic rings. The summed E-state index contributed by atoms with van der Waals surface area (Å²) in [7, 11) is 0. The minimum atomic E-state index is -0.400. The van der Waals surface area contributed by atoms with Gasteiger partial charge in [0.1, 0.15) is 11.5 Å². The number of amides is 2. The van der Waals surface area contributed by atoms with Gasteiger partial charge in [-0.3, -0.25) is 14.6 Å². The molecule has 0 aliphatic rings. The second-order valence-electron chi connectivity index (χ2n) is 6.59. The molecule has 148 valence electrons. The van der Waals surface area contributed by atoms with Crippen molar-refractivity contribution < 1.29 is 14.0 Å². The van der Waals surface area contributed by atoms with E-state index in [1.54, 1.807) is 23.1 Å². The van der Waals surface area contributed by atoms with Crippen molar-refractivity contribution in [3.63, 3.8) is 0 Å². The highest BCUT2D eigenvalue weighted by atomic mass is 19.1. The monoisotopic (exact) mass is 391 g/mol. The topological polar surface area (TPSA) is 62.3 Å². The van der Waals surface area contributed by atoms with E-state index in [4.69, 9.17) is 0 Å². The van der Waals surface area contributed by atoms with Gasteiger partial charge in [0.2, 0.25) is 0 Å². The van der Waals surface area contributed by atoms with Crippen LogP contribution in [0.4, 0.5) is 10.1 Å². The summed E-state index contributed by atoms with van der Waals surface area (Å²) >= 11 is 0. The first-order chi connectivity index (χ1) is 14.0. The van der Waals surface area contributed by atoms with Crippen LogP contribution in [0.25, 0.3) is 0 Å². The molecular formula is C23H22FN3O2. The quantitative estimate of drug-likeness (QED) is 0.687. The van der Waals surface area contributed by atoms with Crippen molar-refractivity contribution in [3.8, 4) is 0 Å². The molecule has 1 heterocycles. The zero-order chi connectivity index (χ0) is 20.8. The molecule has 0 aliphatic heterocycles. The van der Waals surface area contributed by atoms with Crippen molar-refractivity contribution in [2.75, 3.05) is 11.4 Å². The molecule has 0 aliphatic carbocycles. The van der Waals surface area contributed by atoms with Crippen LogP contribution in [0.1, 0.15) is 38.9 Å². The summed E-state index contributed by atoms with van der Waals surface area (Å²) in [6, 6.07) is 16.9. The van der Waals surface area contributed by atoms with E-state index < -0.39 is 5.91 Å². The first-order valence-electron chi connectivity index (χ1n) is 9.35. The lowest BCUT2D eigenvalue weighted by Gasteiger charge is -2.21. The van der Waals surface area contributed by atoms with Gasteiger partial charge in [-0.05, 0) is 49.7 Å². The van der Waals surface area contributed by atoms with Gasteiger partial charge < -0.3 is 10.2 Å². The average molecular weight is 391 g/mol. The highest BCUT2D eigenvalue weighted by Crippen LogP contribution is 2.18. The molecule has 2 aromatic carbocycles. The van der Waals surface area contributed by atoms with Gasteiger partial charge in [0.05, 0.1) is 0 Å². The van der Waals surface area contributed by atoms with Gasteiger partial charge in [-0.25, -0.2) is 4.39 Å². The molecular weight excluding hydrogens is 369 g/mol. The number of nitrogens with zero attached hydrogens (tertiary/aromatic N) is 2. The fraction of sp³-hybridized carbons (Fsp3) is 0.174. The van der Waals surface area contributed by atoms with Crippen molar-refractivity contribution >= 4 is 17.5 Å². The zero-order valence-electron chi connectivity index (χ0n) is 16.4. The summed E-state index contributed by atoms with van der Waals surface area (Å²) < 4.78 is 13.7. The van der Waals surface area contributed by atoms with Crippen molar-refractivity contribution in [2.24, 2.45) is 0 Å². The maximum Gasteiger partial charge on any atom is 0.276 e. The van der Waals surface area contributed by atoms with Crippen LogP contribution in [0.3, 0.4) is 0 Å². The third-order valence-corrected chi connectivity index (χ3v) is 4.51. The Morgan fingerprint density at radius 3 is 2.59 bits per heavy atom. The molecule has 0 saturated heterocycles. The molecule has 0 saturated carbocycles. The second-order valence-corrected chi connectivity index (χ2v) is 6.59. The van der Waals surface area contributed by atoms with Crippen molar-refractivity contribution in [1.82, 2.24) is 10.3 Å². The molecule has 3 rings (SSSR count). The van der Waals surface area contributed by atoms with Crippen LogP contribution in [-0.2, 0) is 6.54 Å². The summed E-state index contributed by atoms with van der Waals surface area (Å²) in [5.74, 6) is -1.07. The number of carbonyl (C=O) groups excluding carboxylic acids is 2. The van der Waals surface area contributed by atoms with Gasteiger partial charge in [-0.15, -0.1) is 0 Å². The van der Waals surface area contributed by atoms with Crippen LogP contribution >= 0.6 is 0 Å². The predicted octanol–water partition coefficient (Wildman–Crippen LogP) is 4.13. The number of halogens is 1. The smallest absolute Gasteiger partial charge is 0.276 e. The van der Waals surface area contributed by atoms with E-state index in [0.717, 1.165) is 11.3 Å². The van der Waals surface area contributed by atoms with E-state index in [0.29, 0.717) is 17.7 Å². The molecule has 0 bridgehead atoms. The lowest BCUT2D eigenvalue weighted by Crippen LogP contribution is -2.32. The highest BCUT2D eigenvalue weighted by molar-refractivity contribution is 6.06. The Morgan fingerprint density at radius 2 is 1.86 bits per heavy atom. The summed E-state index contributed by atoms with van der Waals surface area (Å²) in [6.07, 6.45) is 1.43. The number of aryl methyl sites for hydroxylation is 1. The number of benzene rings is 2. The molecule has 29 heavy (non-hydrogen) atoms. The van der Waals surface area contributed by atoms with E-state index in [9.17, 15) is 14.0 Å². The van der Waals surface area contributed by atoms with Gasteiger partial charge >= 0.3 is 0 Å². The standard InChI is InChI=1S/C23H22FN3O2/c1-3-27(19-9-6-7-16(2)13-19)23(29)21-14-17(11-12-25-21)22(28)26-15-18-8-4-5-10-20(18)24/h4-14H,3,15H2,1-2H3,(H,26,28). The Bertz CT molecular complexity index is 1040. The van der Waals surface area contributed by atoms with Crippen LogP contribution in [0.15, 0.2) is 66.9 Å². The van der Waals surface area contributed by atoms with Gasteiger partial charge in [0, 0.05) is 36.1 Å². The number of aromatic nitrogens is 1. The maximum atomic E-state index is 13.7. The number of nitrogens with one attached hydrogen (secondary N) is 1.